The lowest BCUT2D eigenvalue weighted by molar-refractivity contribution is 0.785. The average Bonchev–Trinajstić information content (AvgIpc) is 3.72. The van der Waals surface area contributed by atoms with E-state index in [9.17, 15) is 0 Å². The first-order valence-electron chi connectivity index (χ1n) is 14.2. The van der Waals surface area contributed by atoms with Crippen molar-refractivity contribution in [2.75, 3.05) is 0 Å². The van der Waals surface area contributed by atoms with Crippen LogP contribution in [0.5, 0.6) is 0 Å². The Morgan fingerprint density at radius 2 is 0.972 bits per heavy atom. The Hall–Kier alpha value is -3.40. The molecule has 2 aliphatic rings. The fraction of sp³-hybridized carbons (Fsp3) is 0.375. The van der Waals surface area contributed by atoms with Gasteiger partial charge in [0.25, 0.3) is 0 Å². The zero-order valence-electron chi connectivity index (χ0n) is 22.9. The molecule has 0 unspecified atom stereocenters. The Labute approximate surface area is 216 Å². The number of nitrogens with zero attached hydrogens (tertiary/aromatic N) is 2. The van der Waals surface area contributed by atoms with Crippen LogP contribution in [-0.4, -0.2) is 19.9 Å². The fourth-order valence-electron chi connectivity index (χ4n) is 5.08. The second-order valence-electron chi connectivity index (χ2n) is 9.87. The zero-order valence-corrected chi connectivity index (χ0v) is 21.9. The van der Waals surface area contributed by atoms with Gasteiger partial charge in [-0.25, -0.2) is 9.97 Å². The minimum Gasteiger partial charge on any atom is -0.355 e. The van der Waals surface area contributed by atoms with Crippen LogP contribution in [0.2, 0.25) is 0 Å². The van der Waals surface area contributed by atoms with Crippen LogP contribution in [0.3, 0.4) is 0 Å². The van der Waals surface area contributed by atoms with Crippen LogP contribution < -0.4 is 0 Å². The second kappa shape index (κ2) is 11.1. The third kappa shape index (κ3) is 5.09. The second-order valence-corrected chi connectivity index (χ2v) is 9.87. The van der Waals surface area contributed by atoms with Crippen LogP contribution >= 0.6 is 0 Å². The van der Waals surface area contributed by atoms with Crippen molar-refractivity contribution < 1.29 is 1.37 Å². The minimum atomic E-state index is 0.469. The number of aromatic nitrogens is 4. The first kappa shape index (κ1) is 23.0. The van der Waals surface area contributed by atoms with Crippen molar-refractivity contribution in [2.24, 2.45) is 0 Å². The number of aryl methyl sites for hydroxylation is 2. The van der Waals surface area contributed by atoms with E-state index in [1.165, 1.54) is 16.7 Å². The number of aromatic amines is 2. The summed E-state index contributed by atoms with van der Waals surface area (Å²) in [6.07, 6.45) is 18.2. The molecule has 3 aromatic heterocycles. The number of nitrogens with one attached hydrogen (secondary N) is 2. The molecule has 0 radical (unpaired) electrons. The average molecular weight is 480 g/mol. The summed E-state index contributed by atoms with van der Waals surface area (Å²) in [5.74, 6) is 0. The summed E-state index contributed by atoms with van der Waals surface area (Å²) in [6.45, 7) is 6.68. The third-order valence-electron chi connectivity index (χ3n) is 7.15. The van der Waals surface area contributed by atoms with Gasteiger partial charge in [-0.05, 0) is 93.1 Å². The Balaban J connectivity index is 1.88. The van der Waals surface area contributed by atoms with Gasteiger partial charge in [-0.3, -0.25) is 0 Å². The summed E-state index contributed by atoms with van der Waals surface area (Å²) in [4.78, 5) is 17.4. The molecule has 186 valence electrons. The highest BCUT2D eigenvalue weighted by atomic mass is 14.8. The largest absolute Gasteiger partial charge is 0.355 e. The number of hydrogen-bond acceptors (Lipinski definition) is 2. The van der Waals surface area contributed by atoms with Crippen molar-refractivity contribution in [3.05, 3.63) is 69.8 Å². The minimum absolute atomic E-state index is 0.469. The van der Waals surface area contributed by atoms with Crippen molar-refractivity contribution >= 4 is 46.4 Å². The van der Waals surface area contributed by atoms with Crippen LogP contribution in [0, 0.1) is 0 Å². The van der Waals surface area contributed by atoms with E-state index in [0.29, 0.717) is 6.04 Å². The molecule has 5 rings (SSSR count). The molecule has 0 aromatic carbocycles. The molecule has 4 nitrogen and oxygen atoms in total. The molecule has 3 aromatic rings. The van der Waals surface area contributed by atoms with E-state index in [-0.39, 0.29) is 0 Å². The van der Waals surface area contributed by atoms with Crippen molar-refractivity contribution in [1.29, 1.82) is 0 Å². The predicted molar refractivity (Wildman–Crippen MR) is 155 cm³/mol. The van der Waals surface area contributed by atoms with Gasteiger partial charge in [0.15, 0.2) is 0 Å². The van der Waals surface area contributed by atoms with Gasteiger partial charge < -0.3 is 9.97 Å². The summed E-state index contributed by atoms with van der Waals surface area (Å²) in [6, 6.07) is 8.73. The molecule has 0 saturated heterocycles. The molecule has 0 amide bonds. The predicted octanol–water partition coefficient (Wildman–Crippen LogP) is 8.68. The lowest BCUT2D eigenvalue weighted by Gasteiger charge is -2.05. The van der Waals surface area contributed by atoms with Gasteiger partial charge in [0.2, 0.25) is 0 Å². The van der Waals surface area contributed by atoms with Crippen LogP contribution in [0.4, 0.5) is 0 Å². The van der Waals surface area contributed by atoms with E-state index < -0.39 is 0 Å². The SMILES string of the molecule is [2H]c1c2ccc([nH]2)c(CCCC)c2nc(c(CCCC)c3nc(c(CCCC)c4ccc1[nH]4)C=C3)C=C2. The van der Waals surface area contributed by atoms with E-state index in [4.69, 9.17) is 11.3 Å². The highest BCUT2D eigenvalue weighted by molar-refractivity contribution is 5.82. The Morgan fingerprint density at radius 3 is 1.39 bits per heavy atom. The van der Waals surface area contributed by atoms with Gasteiger partial charge in [0.1, 0.15) is 0 Å². The number of H-pyrrole nitrogens is 2. The highest BCUT2D eigenvalue weighted by Crippen LogP contribution is 2.28. The van der Waals surface area contributed by atoms with Gasteiger partial charge in [-0.15, -0.1) is 0 Å². The molecule has 2 N–H and O–H groups in total. The Morgan fingerprint density at radius 1 is 0.583 bits per heavy atom. The molecule has 36 heavy (non-hydrogen) atoms. The van der Waals surface area contributed by atoms with Crippen LogP contribution in [0.15, 0.2) is 30.3 Å². The lowest BCUT2D eigenvalue weighted by Crippen LogP contribution is -1.96. The lowest BCUT2D eigenvalue weighted by atomic mass is 10.0. The molecule has 0 fully saturated rings. The number of fused-ring (bicyclic) bond motifs is 8. The van der Waals surface area contributed by atoms with Crippen LogP contribution in [0.1, 0.15) is 100 Å². The quantitative estimate of drug-likeness (QED) is 0.222. The smallest absolute Gasteiger partial charge is 0.0691 e. The molecular formula is C32H38N4. The summed E-state index contributed by atoms with van der Waals surface area (Å²) in [5.41, 5.74) is 11.5. The van der Waals surface area contributed by atoms with Crippen molar-refractivity contribution in [2.45, 2.75) is 78.6 Å². The molecule has 4 heteroatoms. The number of rotatable bonds is 9. The van der Waals surface area contributed by atoms with Gasteiger partial charge in [-0.1, -0.05) is 40.0 Å². The number of unbranched alkanes of at least 4 members (excludes halogenated alkanes) is 3. The van der Waals surface area contributed by atoms with Gasteiger partial charge in [-0.2, -0.15) is 0 Å². The molecule has 0 atom stereocenters. The van der Waals surface area contributed by atoms with Crippen LogP contribution in [-0.2, 0) is 19.3 Å². The maximum Gasteiger partial charge on any atom is 0.0691 e. The molecular weight excluding hydrogens is 440 g/mol. The standard InChI is InChI=1S/C32H38N4/c1-4-7-10-24-27-15-13-22(33-27)21-23-14-16-28(34-23)25(11-8-5-2)30-18-20-32(36-30)26(12-9-6-3)31-19-17-29(24)35-31/h13-21,33-34H,4-12H2,1-3H3/i21D. The summed E-state index contributed by atoms with van der Waals surface area (Å²) in [5, 5.41) is 0. The van der Waals surface area contributed by atoms with Gasteiger partial charge >= 0.3 is 0 Å². The topological polar surface area (TPSA) is 57.4 Å². The maximum absolute atomic E-state index is 8.92. The van der Waals surface area contributed by atoms with Crippen molar-refractivity contribution in [3.63, 3.8) is 0 Å². The van der Waals surface area contributed by atoms with Crippen molar-refractivity contribution in [1.82, 2.24) is 19.9 Å². The van der Waals surface area contributed by atoms with Gasteiger partial charge in [0, 0.05) is 38.8 Å². The van der Waals surface area contributed by atoms with E-state index >= 15 is 0 Å². The van der Waals surface area contributed by atoms with Gasteiger partial charge in [0.05, 0.1) is 24.1 Å². The maximum atomic E-state index is 8.92. The first-order valence-corrected chi connectivity index (χ1v) is 13.7. The molecule has 2 aliphatic heterocycles. The van der Waals surface area contributed by atoms with Crippen LogP contribution in [0.25, 0.3) is 46.4 Å². The Bertz CT molecular complexity index is 1400. The molecule has 5 heterocycles. The van der Waals surface area contributed by atoms with Crippen molar-refractivity contribution in [3.8, 4) is 0 Å². The van der Waals surface area contributed by atoms with E-state index in [1.807, 2.05) is 12.1 Å². The summed E-state index contributed by atoms with van der Waals surface area (Å²) in [7, 11) is 0. The third-order valence-corrected chi connectivity index (χ3v) is 7.15. The van der Waals surface area contributed by atoms with E-state index in [2.05, 4.69) is 67.2 Å². The normalized spacial score (nSPS) is 12.9. The van der Waals surface area contributed by atoms with E-state index in [1.54, 1.807) is 0 Å². The summed E-state index contributed by atoms with van der Waals surface area (Å²) >= 11 is 0. The Kier molecular flexibility index (Phi) is 7.11. The first-order chi connectivity index (χ1) is 18.1. The molecule has 8 bridgehead atoms. The zero-order chi connectivity index (χ0) is 25.8. The monoisotopic (exact) mass is 479 g/mol. The molecule has 0 saturated carbocycles. The molecule has 0 aliphatic carbocycles. The van der Waals surface area contributed by atoms with E-state index in [0.717, 1.165) is 103 Å². The number of hydrogen-bond donors (Lipinski definition) is 2. The molecule has 0 spiro atoms. The summed E-state index contributed by atoms with van der Waals surface area (Å²) < 4.78 is 8.92. The highest BCUT2D eigenvalue weighted by Gasteiger charge is 2.15. The fourth-order valence-corrected chi connectivity index (χ4v) is 5.08.